The molecule has 0 atom stereocenters. The van der Waals surface area contributed by atoms with Crippen LogP contribution in [-0.4, -0.2) is 12.1 Å². The van der Waals surface area contributed by atoms with Crippen molar-refractivity contribution in [2.75, 3.05) is 0 Å². The van der Waals surface area contributed by atoms with Gasteiger partial charge in [-0.3, -0.25) is 0 Å². The molecule has 3 nitrogen and oxygen atoms in total. The second-order valence-electron chi connectivity index (χ2n) is 2.56. The summed E-state index contributed by atoms with van der Waals surface area (Å²) in [6.07, 6.45) is 1.20. The predicted molar refractivity (Wildman–Crippen MR) is 44.3 cm³/mol. The molecule has 1 heterocycles. The zero-order chi connectivity index (χ0) is 9.14. The van der Waals surface area contributed by atoms with Gasteiger partial charge in [-0.15, -0.1) is 0 Å². The highest BCUT2D eigenvalue weighted by atomic mass is 35.5. The van der Waals surface area contributed by atoms with Crippen LogP contribution in [0, 0.1) is 0 Å². The van der Waals surface area contributed by atoms with E-state index in [1.165, 1.54) is 12.3 Å². The monoisotopic (exact) mass is 188 g/mol. The van der Waals surface area contributed by atoms with Crippen LogP contribution >= 0.6 is 11.6 Å². The van der Waals surface area contributed by atoms with Crippen LogP contribution in [0.1, 0.15) is 24.2 Å². The minimum absolute atomic E-state index is 0.0700. The van der Waals surface area contributed by atoms with Crippen LogP contribution in [0.3, 0.4) is 0 Å². The molecule has 0 bridgehead atoms. The van der Waals surface area contributed by atoms with E-state index in [9.17, 15) is 4.79 Å². The molecule has 0 N–H and O–H groups in total. The second kappa shape index (κ2) is 3.63. The average molecular weight is 189 g/mol. The van der Waals surface area contributed by atoms with E-state index in [1.807, 2.05) is 0 Å². The SMILES string of the molecule is CC(C)OC(=O)c1ccoc1Cl. The summed E-state index contributed by atoms with van der Waals surface area (Å²) in [5.41, 5.74) is 0.269. The molecular weight excluding hydrogens is 180 g/mol. The number of halogens is 1. The molecule has 0 aliphatic rings. The van der Waals surface area contributed by atoms with Crippen LogP contribution in [0.2, 0.25) is 5.22 Å². The molecule has 12 heavy (non-hydrogen) atoms. The molecule has 66 valence electrons. The van der Waals surface area contributed by atoms with Crippen LogP contribution in [-0.2, 0) is 4.74 Å². The van der Waals surface area contributed by atoms with Gasteiger partial charge in [-0.25, -0.2) is 4.79 Å². The molecule has 0 saturated heterocycles. The van der Waals surface area contributed by atoms with E-state index in [0.29, 0.717) is 0 Å². The third kappa shape index (κ3) is 2.01. The summed E-state index contributed by atoms with van der Waals surface area (Å²) in [6, 6.07) is 1.48. The highest BCUT2D eigenvalue weighted by Gasteiger charge is 2.15. The first-order valence-corrected chi connectivity index (χ1v) is 3.93. The van der Waals surface area contributed by atoms with Crippen LogP contribution < -0.4 is 0 Å². The molecule has 1 rings (SSSR count). The maximum atomic E-state index is 11.2. The number of rotatable bonds is 2. The van der Waals surface area contributed by atoms with Crippen LogP contribution in [0.15, 0.2) is 16.7 Å². The lowest BCUT2D eigenvalue weighted by molar-refractivity contribution is 0.0377. The van der Waals surface area contributed by atoms with Crippen molar-refractivity contribution in [3.8, 4) is 0 Å². The van der Waals surface area contributed by atoms with E-state index in [2.05, 4.69) is 0 Å². The Hall–Kier alpha value is -0.960. The summed E-state index contributed by atoms with van der Waals surface area (Å²) in [5.74, 6) is -0.455. The fourth-order valence-corrected chi connectivity index (χ4v) is 0.908. The van der Waals surface area contributed by atoms with Gasteiger partial charge >= 0.3 is 5.97 Å². The number of carbonyl (C=O) groups is 1. The Morgan fingerprint density at radius 2 is 2.33 bits per heavy atom. The number of furan rings is 1. The fraction of sp³-hybridized carbons (Fsp3) is 0.375. The van der Waals surface area contributed by atoms with Gasteiger partial charge < -0.3 is 9.15 Å². The zero-order valence-electron chi connectivity index (χ0n) is 6.83. The molecule has 0 saturated carbocycles. The number of carbonyl (C=O) groups excluding carboxylic acids is 1. The smallest absolute Gasteiger partial charge is 0.343 e. The van der Waals surface area contributed by atoms with E-state index in [1.54, 1.807) is 13.8 Å². The van der Waals surface area contributed by atoms with Gasteiger partial charge in [0.2, 0.25) is 5.22 Å². The molecule has 0 amide bonds. The van der Waals surface area contributed by atoms with Gasteiger partial charge in [-0.2, -0.15) is 0 Å². The quantitative estimate of drug-likeness (QED) is 0.670. The second-order valence-corrected chi connectivity index (χ2v) is 2.91. The third-order valence-corrected chi connectivity index (χ3v) is 1.47. The number of hydrogen-bond donors (Lipinski definition) is 0. The Balaban J connectivity index is 2.72. The zero-order valence-corrected chi connectivity index (χ0v) is 7.59. The van der Waals surface area contributed by atoms with Crippen molar-refractivity contribution in [1.82, 2.24) is 0 Å². The van der Waals surface area contributed by atoms with Crippen molar-refractivity contribution in [3.63, 3.8) is 0 Å². The predicted octanol–water partition coefficient (Wildman–Crippen LogP) is 2.50. The van der Waals surface area contributed by atoms with Crippen LogP contribution in [0.5, 0.6) is 0 Å². The van der Waals surface area contributed by atoms with Crippen molar-refractivity contribution in [2.24, 2.45) is 0 Å². The van der Waals surface area contributed by atoms with E-state index < -0.39 is 5.97 Å². The molecular formula is C8H9ClO3. The summed E-state index contributed by atoms with van der Waals surface area (Å²) >= 11 is 5.55. The van der Waals surface area contributed by atoms with E-state index in [0.717, 1.165) is 0 Å². The van der Waals surface area contributed by atoms with Gasteiger partial charge in [0.1, 0.15) is 5.56 Å². The summed E-state index contributed by atoms with van der Waals surface area (Å²) in [5, 5.41) is 0.0700. The first kappa shape index (κ1) is 9.13. The number of ether oxygens (including phenoxy) is 1. The van der Waals surface area contributed by atoms with Gasteiger partial charge in [0.25, 0.3) is 0 Å². The summed E-state index contributed by atoms with van der Waals surface area (Å²) < 4.78 is 9.62. The largest absolute Gasteiger partial charge is 0.459 e. The van der Waals surface area contributed by atoms with Crippen molar-refractivity contribution in [1.29, 1.82) is 0 Å². The number of hydrogen-bond acceptors (Lipinski definition) is 3. The van der Waals surface area contributed by atoms with E-state index in [4.69, 9.17) is 20.8 Å². The van der Waals surface area contributed by atoms with E-state index in [-0.39, 0.29) is 16.9 Å². The molecule has 1 aromatic heterocycles. The lowest BCUT2D eigenvalue weighted by Gasteiger charge is -2.05. The Morgan fingerprint density at radius 3 is 2.75 bits per heavy atom. The first-order chi connectivity index (χ1) is 5.61. The Labute approximate surface area is 75.3 Å². The molecule has 1 aromatic rings. The maximum absolute atomic E-state index is 11.2. The van der Waals surface area contributed by atoms with Crippen molar-refractivity contribution in [3.05, 3.63) is 23.1 Å². The highest BCUT2D eigenvalue weighted by Crippen LogP contribution is 2.17. The summed E-state index contributed by atoms with van der Waals surface area (Å²) in [4.78, 5) is 11.2. The lowest BCUT2D eigenvalue weighted by atomic mass is 10.3. The lowest BCUT2D eigenvalue weighted by Crippen LogP contribution is -2.10. The van der Waals surface area contributed by atoms with Gasteiger partial charge in [0.15, 0.2) is 0 Å². The Kier molecular flexibility index (Phi) is 2.76. The normalized spacial score (nSPS) is 10.3. The highest BCUT2D eigenvalue weighted by molar-refractivity contribution is 6.31. The van der Waals surface area contributed by atoms with Crippen LogP contribution in [0.4, 0.5) is 0 Å². The van der Waals surface area contributed by atoms with Crippen molar-refractivity contribution >= 4 is 17.6 Å². The topological polar surface area (TPSA) is 39.4 Å². The van der Waals surface area contributed by atoms with Crippen molar-refractivity contribution in [2.45, 2.75) is 20.0 Å². The molecule has 0 unspecified atom stereocenters. The average Bonchev–Trinajstić information content (AvgIpc) is 2.33. The summed E-state index contributed by atoms with van der Waals surface area (Å²) in [6.45, 7) is 3.54. The van der Waals surface area contributed by atoms with Crippen LogP contribution in [0.25, 0.3) is 0 Å². The van der Waals surface area contributed by atoms with Crippen molar-refractivity contribution < 1.29 is 13.9 Å². The van der Waals surface area contributed by atoms with Gasteiger partial charge in [0, 0.05) is 0 Å². The molecule has 0 aromatic carbocycles. The Bertz CT molecular complexity index is 278. The first-order valence-electron chi connectivity index (χ1n) is 3.55. The molecule has 0 radical (unpaired) electrons. The molecule has 4 heteroatoms. The van der Waals surface area contributed by atoms with E-state index >= 15 is 0 Å². The maximum Gasteiger partial charge on any atom is 0.343 e. The Morgan fingerprint density at radius 1 is 1.67 bits per heavy atom. The minimum Gasteiger partial charge on any atom is -0.459 e. The molecule has 0 spiro atoms. The third-order valence-electron chi connectivity index (χ3n) is 1.18. The minimum atomic E-state index is -0.455. The molecule has 0 aliphatic heterocycles. The van der Waals surface area contributed by atoms with Gasteiger partial charge in [-0.05, 0) is 31.5 Å². The van der Waals surface area contributed by atoms with Gasteiger partial charge in [0.05, 0.1) is 12.4 Å². The van der Waals surface area contributed by atoms with Gasteiger partial charge in [-0.1, -0.05) is 0 Å². The summed E-state index contributed by atoms with van der Waals surface area (Å²) in [7, 11) is 0. The molecule has 0 aliphatic carbocycles. The molecule has 0 fully saturated rings. The number of esters is 1. The standard InChI is InChI=1S/C8H9ClO3/c1-5(2)12-8(10)6-3-4-11-7(6)9/h3-5H,1-2H3. The fourth-order valence-electron chi connectivity index (χ4n) is 0.717.